The average molecular weight is 456 g/mol. The number of hydrogen-bond acceptors (Lipinski definition) is 5. The molecule has 1 amide bonds. The van der Waals surface area contributed by atoms with Crippen molar-refractivity contribution in [2.24, 2.45) is 5.73 Å². The summed E-state index contributed by atoms with van der Waals surface area (Å²) in [7, 11) is 0. The number of aryl methyl sites for hydroxylation is 1. The molecule has 0 saturated carbocycles. The fraction of sp³-hybridized carbons (Fsp3) is 0.300. The molecule has 2 heterocycles. The van der Waals surface area contributed by atoms with Crippen LogP contribution in [0, 0.1) is 5.82 Å². The van der Waals surface area contributed by atoms with Gasteiger partial charge in [-0.15, -0.1) is 11.3 Å². The Labute approximate surface area is 179 Å². The average Bonchev–Trinajstić information content (AvgIpc) is 3.39. The Kier molecular flexibility index (Phi) is 7.08. The number of nitrogens with two attached hydrogens (primary N) is 1. The van der Waals surface area contributed by atoms with Gasteiger partial charge < -0.3 is 21.1 Å². The van der Waals surface area contributed by atoms with Crippen LogP contribution in [0.1, 0.15) is 39.2 Å². The maximum atomic E-state index is 13.8. The molecule has 0 aliphatic heterocycles. The van der Waals surface area contributed by atoms with E-state index in [0.29, 0.717) is 29.6 Å². The Hall–Kier alpha value is -2.76. The third kappa shape index (κ3) is 5.49. The van der Waals surface area contributed by atoms with Crippen LogP contribution in [0.5, 0.6) is 0 Å². The Bertz CT molecular complexity index is 1050. The van der Waals surface area contributed by atoms with Crippen molar-refractivity contribution in [3.8, 4) is 11.3 Å². The number of nitrogens with one attached hydrogen (secondary N) is 2. The molecule has 3 rings (SSSR count). The van der Waals surface area contributed by atoms with Crippen LogP contribution in [0.2, 0.25) is 0 Å². The van der Waals surface area contributed by atoms with Crippen LogP contribution in [0.15, 0.2) is 35.7 Å². The van der Waals surface area contributed by atoms with E-state index < -0.39 is 29.5 Å². The predicted molar refractivity (Wildman–Crippen MR) is 108 cm³/mol. The van der Waals surface area contributed by atoms with Crippen LogP contribution in [-0.4, -0.2) is 34.1 Å². The van der Waals surface area contributed by atoms with E-state index >= 15 is 0 Å². The van der Waals surface area contributed by atoms with Gasteiger partial charge in [0.15, 0.2) is 0 Å². The molecule has 166 valence electrons. The lowest BCUT2D eigenvalue weighted by atomic mass is 10.1. The number of alkyl halides is 3. The van der Waals surface area contributed by atoms with Crippen molar-refractivity contribution < 1.29 is 27.5 Å². The molecule has 31 heavy (non-hydrogen) atoms. The first-order valence-corrected chi connectivity index (χ1v) is 10.2. The monoisotopic (exact) mass is 456 g/mol. The molecule has 0 radical (unpaired) electrons. The predicted octanol–water partition coefficient (Wildman–Crippen LogP) is 3.65. The first-order chi connectivity index (χ1) is 14.7. The topological polar surface area (TPSA) is 104 Å². The molecule has 1 aromatic carbocycles. The van der Waals surface area contributed by atoms with Crippen molar-refractivity contribution in [3.63, 3.8) is 0 Å². The van der Waals surface area contributed by atoms with E-state index in [0.717, 1.165) is 17.8 Å². The van der Waals surface area contributed by atoms with E-state index in [2.05, 4.69) is 15.3 Å². The van der Waals surface area contributed by atoms with Crippen molar-refractivity contribution in [1.29, 1.82) is 0 Å². The zero-order valence-electron chi connectivity index (χ0n) is 16.2. The summed E-state index contributed by atoms with van der Waals surface area (Å²) in [5.74, 6) is -1.88. The summed E-state index contributed by atoms with van der Waals surface area (Å²) in [6, 6.07) is 4.95. The Morgan fingerprint density at radius 2 is 2.06 bits per heavy atom. The number of amides is 1. The highest BCUT2D eigenvalue weighted by molar-refractivity contribution is 7.09. The number of aromatic nitrogens is 2. The van der Waals surface area contributed by atoms with Gasteiger partial charge in [0.1, 0.15) is 16.5 Å². The largest absolute Gasteiger partial charge is 0.419 e. The smallest absolute Gasteiger partial charge is 0.396 e. The van der Waals surface area contributed by atoms with E-state index in [1.165, 1.54) is 23.5 Å². The van der Waals surface area contributed by atoms with Crippen LogP contribution < -0.4 is 11.1 Å². The number of carbonyl (C=O) groups is 1. The van der Waals surface area contributed by atoms with Crippen LogP contribution >= 0.6 is 11.3 Å². The first-order valence-electron chi connectivity index (χ1n) is 9.35. The number of aliphatic hydroxyl groups excluding tert-OH is 1. The van der Waals surface area contributed by atoms with E-state index in [1.54, 1.807) is 0 Å². The molecule has 5 N–H and O–H groups in total. The lowest BCUT2D eigenvalue weighted by Gasteiger charge is -2.13. The van der Waals surface area contributed by atoms with Gasteiger partial charge in [-0.2, -0.15) is 13.2 Å². The van der Waals surface area contributed by atoms with E-state index in [-0.39, 0.29) is 24.4 Å². The van der Waals surface area contributed by atoms with Crippen LogP contribution in [0.3, 0.4) is 0 Å². The first kappa shape index (κ1) is 22.9. The van der Waals surface area contributed by atoms with Crippen molar-refractivity contribution in [2.45, 2.75) is 25.1 Å². The second-order valence-corrected chi connectivity index (χ2v) is 7.63. The molecule has 11 heteroatoms. The molecule has 6 nitrogen and oxygen atoms in total. The summed E-state index contributed by atoms with van der Waals surface area (Å²) in [6.45, 7) is 0.165. The number of nitrogens with zero attached hydrogens (tertiary/aromatic N) is 1. The molecule has 0 aliphatic rings. The van der Waals surface area contributed by atoms with Crippen LogP contribution in [0.4, 0.5) is 17.6 Å². The summed E-state index contributed by atoms with van der Waals surface area (Å²) >= 11 is 1.35. The van der Waals surface area contributed by atoms with Gasteiger partial charge in [-0.1, -0.05) is 6.07 Å². The number of hydrogen-bond donors (Lipinski definition) is 4. The van der Waals surface area contributed by atoms with Crippen molar-refractivity contribution >= 4 is 17.2 Å². The second-order valence-electron chi connectivity index (χ2n) is 6.74. The number of rotatable bonds is 8. The van der Waals surface area contributed by atoms with E-state index in [1.807, 2.05) is 5.38 Å². The minimum atomic E-state index is -4.78. The minimum Gasteiger partial charge on any atom is -0.396 e. The number of aromatic amines is 1. The van der Waals surface area contributed by atoms with E-state index in [4.69, 9.17) is 10.8 Å². The van der Waals surface area contributed by atoms with Crippen molar-refractivity contribution in [3.05, 3.63) is 63.5 Å². The zero-order valence-corrected chi connectivity index (χ0v) is 17.0. The maximum absolute atomic E-state index is 13.8. The van der Waals surface area contributed by atoms with Crippen LogP contribution in [0.25, 0.3) is 11.3 Å². The summed E-state index contributed by atoms with van der Waals surface area (Å²) in [5.41, 5.74) is 5.83. The number of carbonyl (C=O) groups excluding carboxylic acids is 1. The molecule has 1 atom stereocenters. The van der Waals surface area contributed by atoms with Crippen molar-refractivity contribution in [1.82, 2.24) is 15.3 Å². The molecule has 3 aromatic rings. The SMILES string of the molecule is NCC(NC(=O)c1ccc(-c2ccc(C(F)(F)F)c(F)c2)[nH]1)c1nc(CCCO)cs1. The Balaban J connectivity index is 1.72. The van der Waals surface area contributed by atoms with Crippen molar-refractivity contribution in [2.75, 3.05) is 13.2 Å². The number of benzene rings is 1. The summed E-state index contributed by atoms with van der Waals surface area (Å²) < 4.78 is 52.0. The third-order valence-electron chi connectivity index (χ3n) is 4.52. The number of thiazole rings is 1. The minimum absolute atomic E-state index is 0.0574. The van der Waals surface area contributed by atoms with Gasteiger partial charge in [-0.05, 0) is 37.1 Å². The quantitative estimate of drug-likeness (QED) is 0.389. The van der Waals surface area contributed by atoms with Gasteiger partial charge in [0.25, 0.3) is 5.91 Å². The fourth-order valence-electron chi connectivity index (χ4n) is 2.92. The molecule has 0 aliphatic carbocycles. The molecule has 1 unspecified atom stereocenters. The lowest BCUT2D eigenvalue weighted by Crippen LogP contribution is -2.33. The molecular weight excluding hydrogens is 436 g/mol. The third-order valence-corrected chi connectivity index (χ3v) is 5.52. The van der Waals surface area contributed by atoms with Gasteiger partial charge in [-0.3, -0.25) is 4.79 Å². The molecule has 2 aromatic heterocycles. The summed E-state index contributed by atoms with van der Waals surface area (Å²) in [5, 5.41) is 14.1. The standard InChI is InChI=1S/C20H20F4N4O2S/c21-14-8-11(3-4-13(14)20(22,23)24)15-5-6-16(27-15)18(30)28-17(9-25)19-26-12(10-31-19)2-1-7-29/h3-6,8,10,17,27,29H,1-2,7,9,25H2,(H,28,30). The zero-order chi connectivity index (χ0) is 22.6. The molecule has 0 saturated heterocycles. The van der Waals surface area contributed by atoms with Gasteiger partial charge in [0.2, 0.25) is 0 Å². The van der Waals surface area contributed by atoms with Gasteiger partial charge in [-0.25, -0.2) is 9.37 Å². The highest BCUT2D eigenvalue weighted by Gasteiger charge is 2.34. The summed E-state index contributed by atoms with van der Waals surface area (Å²) in [6.07, 6.45) is -3.59. The number of halogens is 4. The normalized spacial score (nSPS) is 12.7. The number of aliphatic hydroxyl groups is 1. The van der Waals surface area contributed by atoms with Gasteiger partial charge in [0, 0.05) is 29.8 Å². The molecular formula is C20H20F4N4O2S. The summed E-state index contributed by atoms with van der Waals surface area (Å²) in [4.78, 5) is 19.8. The highest BCUT2D eigenvalue weighted by atomic mass is 32.1. The second kappa shape index (κ2) is 9.58. The van der Waals surface area contributed by atoms with Gasteiger partial charge in [0.05, 0.1) is 17.3 Å². The highest BCUT2D eigenvalue weighted by Crippen LogP contribution is 2.33. The Morgan fingerprint density at radius 3 is 2.71 bits per heavy atom. The van der Waals surface area contributed by atoms with Gasteiger partial charge >= 0.3 is 6.18 Å². The maximum Gasteiger partial charge on any atom is 0.419 e. The number of H-pyrrole nitrogens is 1. The molecule has 0 bridgehead atoms. The molecule has 0 fully saturated rings. The Morgan fingerprint density at radius 1 is 1.29 bits per heavy atom. The van der Waals surface area contributed by atoms with Crippen LogP contribution in [-0.2, 0) is 12.6 Å². The lowest BCUT2D eigenvalue weighted by molar-refractivity contribution is -0.139. The fourth-order valence-corrected chi connectivity index (χ4v) is 3.84. The molecule has 0 spiro atoms. The van der Waals surface area contributed by atoms with E-state index in [9.17, 15) is 22.4 Å².